The largest absolute Gasteiger partial charge is 0.452 e. The summed E-state index contributed by atoms with van der Waals surface area (Å²) < 4.78 is 4.98. The molecule has 20 heavy (non-hydrogen) atoms. The fourth-order valence-electron chi connectivity index (χ4n) is 2.48. The predicted molar refractivity (Wildman–Crippen MR) is 74.1 cm³/mol. The molecule has 2 rings (SSSR count). The van der Waals surface area contributed by atoms with Crippen LogP contribution in [0.3, 0.4) is 0 Å². The van der Waals surface area contributed by atoms with Crippen molar-refractivity contribution in [2.75, 3.05) is 6.61 Å². The summed E-state index contributed by atoms with van der Waals surface area (Å²) in [5.74, 6) is -0.271. The number of carbonyl (C=O) groups excluding carboxylic acids is 2. The third kappa shape index (κ3) is 4.05. The summed E-state index contributed by atoms with van der Waals surface area (Å²) in [5.41, 5.74) is 0.353. The summed E-state index contributed by atoms with van der Waals surface area (Å²) in [5, 5.41) is 2.94. The van der Waals surface area contributed by atoms with Gasteiger partial charge < -0.3 is 10.1 Å². The number of aromatic nitrogens is 1. The first-order valence-corrected chi connectivity index (χ1v) is 7.03. The number of nitrogens with one attached hydrogen (secondary N) is 1. The zero-order valence-corrected chi connectivity index (χ0v) is 11.7. The van der Waals surface area contributed by atoms with Gasteiger partial charge in [0.05, 0.1) is 5.56 Å². The van der Waals surface area contributed by atoms with Gasteiger partial charge in [0.2, 0.25) is 0 Å². The molecule has 1 fully saturated rings. The van der Waals surface area contributed by atoms with Crippen molar-refractivity contribution in [1.29, 1.82) is 0 Å². The lowest BCUT2D eigenvalue weighted by Gasteiger charge is -2.29. The quantitative estimate of drug-likeness (QED) is 0.853. The molecule has 108 valence electrons. The van der Waals surface area contributed by atoms with E-state index >= 15 is 0 Å². The van der Waals surface area contributed by atoms with E-state index < -0.39 is 5.97 Å². The second-order valence-electron chi connectivity index (χ2n) is 5.25. The first-order valence-electron chi connectivity index (χ1n) is 7.03. The van der Waals surface area contributed by atoms with Gasteiger partial charge in [-0.1, -0.05) is 19.8 Å². The van der Waals surface area contributed by atoms with E-state index in [9.17, 15) is 9.59 Å². The Balaban J connectivity index is 1.76. The number of carbonyl (C=O) groups is 2. The Kier molecular flexibility index (Phi) is 5.09. The number of pyridine rings is 1. The Morgan fingerprint density at radius 3 is 2.90 bits per heavy atom. The van der Waals surface area contributed by atoms with Gasteiger partial charge in [-0.2, -0.15) is 0 Å². The minimum Gasteiger partial charge on any atom is -0.452 e. The van der Waals surface area contributed by atoms with E-state index in [0.717, 1.165) is 19.3 Å². The first-order chi connectivity index (χ1) is 9.66. The Morgan fingerprint density at radius 1 is 1.40 bits per heavy atom. The molecule has 0 unspecified atom stereocenters. The van der Waals surface area contributed by atoms with Gasteiger partial charge in [-0.05, 0) is 30.9 Å². The van der Waals surface area contributed by atoms with Crippen LogP contribution in [0.4, 0.5) is 0 Å². The molecule has 5 nitrogen and oxygen atoms in total. The molecule has 0 aromatic carbocycles. The van der Waals surface area contributed by atoms with Crippen LogP contribution in [0, 0.1) is 5.92 Å². The highest BCUT2D eigenvalue weighted by atomic mass is 16.5. The van der Waals surface area contributed by atoms with E-state index in [1.807, 2.05) is 0 Å². The van der Waals surface area contributed by atoms with Crippen molar-refractivity contribution >= 4 is 11.9 Å². The molecule has 2 atom stereocenters. The van der Waals surface area contributed by atoms with Gasteiger partial charge in [-0.15, -0.1) is 0 Å². The Hall–Kier alpha value is -1.91. The molecule has 0 spiro atoms. The van der Waals surface area contributed by atoms with Gasteiger partial charge in [0.25, 0.3) is 5.91 Å². The minimum absolute atomic E-state index is 0.202. The van der Waals surface area contributed by atoms with E-state index in [4.69, 9.17) is 4.74 Å². The Labute approximate surface area is 118 Å². The van der Waals surface area contributed by atoms with Gasteiger partial charge >= 0.3 is 5.97 Å². The third-order valence-electron chi connectivity index (χ3n) is 3.69. The van der Waals surface area contributed by atoms with Crippen molar-refractivity contribution in [1.82, 2.24) is 10.3 Å². The zero-order valence-electron chi connectivity index (χ0n) is 11.7. The Bertz CT molecular complexity index is 461. The molecule has 1 heterocycles. The van der Waals surface area contributed by atoms with E-state index in [2.05, 4.69) is 17.2 Å². The number of esters is 1. The fourth-order valence-corrected chi connectivity index (χ4v) is 2.48. The molecule has 1 aliphatic carbocycles. The van der Waals surface area contributed by atoms with Crippen LogP contribution < -0.4 is 5.32 Å². The van der Waals surface area contributed by atoms with Crippen LogP contribution in [0.25, 0.3) is 0 Å². The summed E-state index contributed by atoms with van der Waals surface area (Å²) in [4.78, 5) is 27.3. The Morgan fingerprint density at radius 2 is 2.20 bits per heavy atom. The molecule has 5 heteroatoms. The van der Waals surface area contributed by atoms with Crippen molar-refractivity contribution in [2.24, 2.45) is 5.92 Å². The van der Waals surface area contributed by atoms with Crippen molar-refractivity contribution in [3.8, 4) is 0 Å². The number of nitrogens with zero attached hydrogens (tertiary/aromatic N) is 1. The van der Waals surface area contributed by atoms with Crippen LogP contribution in [-0.4, -0.2) is 29.5 Å². The molecule has 0 saturated heterocycles. The number of amides is 1. The average molecular weight is 276 g/mol. The summed E-state index contributed by atoms with van der Waals surface area (Å²) >= 11 is 0. The van der Waals surface area contributed by atoms with Gasteiger partial charge in [-0.25, -0.2) is 4.79 Å². The van der Waals surface area contributed by atoms with Gasteiger partial charge in [0, 0.05) is 18.4 Å². The van der Waals surface area contributed by atoms with Crippen LogP contribution in [0.1, 0.15) is 43.0 Å². The molecule has 1 saturated carbocycles. The molecule has 1 N–H and O–H groups in total. The van der Waals surface area contributed by atoms with Crippen molar-refractivity contribution in [2.45, 2.75) is 38.6 Å². The first kappa shape index (κ1) is 14.5. The summed E-state index contributed by atoms with van der Waals surface area (Å²) in [6, 6.07) is 3.46. The SMILES string of the molecule is C[C@H]1CCCC[C@H]1NC(=O)COC(=O)c1cccnc1. The van der Waals surface area contributed by atoms with E-state index in [1.165, 1.54) is 12.6 Å². The van der Waals surface area contributed by atoms with Crippen LogP contribution in [0.2, 0.25) is 0 Å². The maximum atomic E-state index is 11.8. The predicted octanol–water partition coefficient (Wildman–Crippen LogP) is 1.93. The van der Waals surface area contributed by atoms with Gasteiger partial charge in [0.15, 0.2) is 6.61 Å². The number of hydrogen-bond donors (Lipinski definition) is 1. The van der Waals surface area contributed by atoms with Crippen molar-refractivity contribution < 1.29 is 14.3 Å². The minimum atomic E-state index is -0.523. The van der Waals surface area contributed by atoms with Crippen LogP contribution >= 0.6 is 0 Å². The van der Waals surface area contributed by atoms with E-state index in [0.29, 0.717) is 11.5 Å². The van der Waals surface area contributed by atoms with E-state index in [-0.39, 0.29) is 18.6 Å². The van der Waals surface area contributed by atoms with Crippen LogP contribution in [-0.2, 0) is 9.53 Å². The molecule has 1 amide bonds. The lowest BCUT2D eigenvalue weighted by molar-refractivity contribution is -0.125. The highest BCUT2D eigenvalue weighted by molar-refractivity contribution is 5.90. The topological polar surface area (TPSA) is 68.3 Å². The molecule has 1 aliphatic rings. The molecule has 1 aromatic heterocycles. The summed E-state index contributed by atoms with van der Waals surface area (Å²) in [6.07, 6.45) is 7.51. The highest BCUT2D eigenvalue weighted by Gasteiger charge is 2.23. The number of rotatable bonds is 4. The maximum absolute atomic E-state index is 11.8. The highest BCUT2D eigenvalue weighted by Crippen LogP contribution is 2.23. The van der Waals surface area contributed by atoms with Gasteiger partial charge in [0.1, 0.15) is 0 Å². The average Bonchev–Trinajstić information content (AvgIpc) is 2.48. The normalized spacial score (nSPS) is 22.1. The molecule has 0 aliphatic heterocycles. The number of ether oxygens (including phenoxy) is 1. The van der Waals surface area contributed by atoms with Gasteiger partial charge in [-0.3, -0.25) is 9.78 Å². The third-order valence-corrected chi connectivity index (χ3v) is 3.69. The second kappa shape index (κ2) is 7.03. The second-order valence-corrected chi connectivity index (χ2v) is 5.25. The summed E-state index contributed by atoms with van der Waals surface area (Å²) in [6.45, 7) is 1.91. The van der Waals surface area contributed by atoms with E-state index in [1.54, 1.807) is 18.3 Å². The lowest BCUT2D eigenvalue weighted by atomic mass is 9.86. The maximum Gasteiger partial charge on any atom is 0.340 e. The van der Waals surface area contributed by atoms with Crippen LogP contribution in [0.15, 0.2) is 24.5 Å². The molecular formula is C15H20N2O3. The number of hydrogen-bond acceptors (Lipinski definition) is 4. The molecule has 0 radical (unpaired) electrons. The molecule has 1 aromatic rings. The van der Waals surface area contributed by atoms with Crippen LogP contribution in [0.5, 0.6) is 0 Å². The fraction of sp³-hybridized carbons (Fsp3) is 0.533. The lowest BCUT2D eigenvalue weighted by Crippen LogP contribution is -2.42. The molecular weight excluding hydrogens is 256 g/mol. The van der Waals surface area contributed by atoms with Crippen molar-refractivity contribution in [3.05, 3.63) is 30.1 Å². The van der Waals surface area contributed by atoms with Crippen molar-refractivity contribution in [3.63, 3.8) is 0 Å². The summed E-state index contributed by atoms with van der Waals surface area (Å²) in [7, 11) is 0. The smallest absolute Gasteiger partial charge is 0.340 e. The molecule has 0 bridgehead atoms. The standard InChI is InChI=1S/C15H20N2O3/c1-11-5-2-3-7-13(11)17-14(18)10-20-15(19)12-6-4-8-16-9-12/h4,6,8-9,11,13H,2-3,5,7,10H2,1H3,(H,17,18)/t11-,13+/m0/s1. The monoisotopic (exact) mass is 276 g/mol. The zero-order chi connectivity index (χ0) is 14.4.